The van der Waals surface area contributed by atoms with Gasteiger partial charge in [-0.15, -0.1) is 0 Å². The molecule has 1 N–H and O–H groups in total. The molecule has 0 aliphatic carbocycles. The summed E-state index contributed by atoms with van der Waals surface area (Å²) in [6.45, 7) is 0. The molecule has 3 aromatic rings. The summed E-state index contributed by atoms with van der Waals surface area (Å²) in [4.78, 5) is 8.63. The van der Waals surface area contributed by atoms with Gasteiger partial charge >= 0.3 is 26.2 Å². The van der Waals surface area contributed by atoms with Crippen LogP contribution in [-0.4, -0.2) is 16.3 Å². The fourth-order valence-electron chi connectivity index (χ4n) is 2.05. The first-order chi connectivity index (χ1) is 10.3. The van der Waals surface area contributed by atoms with Crippen LogP contribution < -0.4 is 0 Å². The fourth-order valence-corrected chi connectivity index (χ4v) is 2.05. The zero-order valence-electron chi connectivity index (χ0n) is 13.8. The van der Waals surface area contributed by atoms with Gasteiger partial charge in [-0.05, 0) is 36.4 Å². The number of rotatable bonds is 3. The minimum absolute atomic E-state index is 0. The molecule has 0 saturated carbocycles. The Bertz CT molecular complexity index is 759. The van der Waals surface area contributed by atoms with Crippen LogP contribution in [0.1, 0.15) is 5.56 Å². The Balaban J connectivity index is 0.00000176. The summed E-state index contributed by atoms with van der Waals surface area (Å²) >= 11 is 0. The molecular formula is C20H20N2OZr. The van der Waals surface area contributed by atoms with Crippen LogP contribution in [0.3, 0.4) is 0 Å². The van der Waals surface area contributed by atoms with Gasteiger partial charge in [-0.2, -0.15) is 0 Å². The van der Waals surface area contributed by atoms with Gasteiger partial charge in [-0.25, -0.2) is 0 Å². The van der Waals surface area contributed by atoms with Crippen molar-refractivity contribution < 1.29 is 31.3 Å². The van der Waals surface area contributed by atoms with Gasteiger partial charge in [0.25, 0.3) is 0 Å². The number of pyridine rings is 1. The largest absolute Gasteiger partial charge is 2.00 e. The van der Waals surface area contributed by atoms with Gasteiger partial charge in [0.2, 0.25) is 0 Å². The van der Waals surface area contributed by atoms with Crippen molar-refractivity contribution in [1.82, 2.24) is 4.98 Å². The average molecular weight is 396 g/mol. The predicted molar refractivity (Wildman–Crippen MR) is 97.9 cm³/mol. The Morgan fingerprint density at radius 1 is 0.833 bits per heavy atom. The maximum Gasteiger partial charge on any atom is 2.00 e. The second-order valence-electron chi connectivity index (χ2n) is 4.55. The third-order valence-corrected chi connectivity index (χ3v) is 3.12. The summed E-state index contributed by atoms with van der Waals surface area (Å²) in [5, 5.41) is 10.4. The summed E-state index contributed by atoms with van der Waals surface area (Å²) < 4.78 is 0. The van der Waals surface area contributed by atoms with Crippen molar-refractivity contribution in [3.05, 3.63) is 93.3 Å². The normalized spacial score (nSPS) is 9.50. The molecule has 0 aliphatic heterocycles. The number of aliphatic imine (C=N–C) groups is 1. The molecule has 0 radical (unpaired) electrons. The van der Waals surface area contributed by atoms with Crippen LogP contribution >= 0.6 is 0 Å². The number of aromatic nitrogens is 1. The molecule has 0 saturated heterocycles. The fraction of sp³-hybridized carbons (Fsp3) is 0. The number of benzene rings is 2. The van der Waals surface area contributed by atoms with Crippen LogP contribution in [0.4, 0.5) is 5.69 Å². The van der Waals surface area contributed by atoms with Crippen LogP contribution in [0.5, 0.6) is 5.75 Å². The maximum absolute atomic E-state index is 10.4. The van der Waals surface area contributed by atoms with Crippen LogP contribution in [0.15, 0.2) is 77.9 Å². The number of phenolic OH excluding ortho intramolecular Hbond substituents is 1. The van der Waals surface area contributed by atoms with Gasteiger partial charge in [0.15, 0.2) is 0 Å². The molecule has 3 rings (SSSR count). The van der Waals surface area contributed by atoms with Crippen molar-refractivity contribution >= 4 is 11.9 Å². The summed E-state index contributed by atoms with van der Waals surface area (Å²) in [6, 6.07) is 20.8. The van der Waals surface area contributed by atoms with Crippen LogP contribution in [-0.2, 0) is 26.2 Å². The molecule has 4 heteroatoms. The predicted octanol–water partition coefficient (Wildman–Crippen LogP) is 5.10. The molecule has 0 unspecified atom stereocenters. The van der Waals surface area contributed by atoms with E-state index in [9.17, 15) is 5.11 Å². The van der Waals surface area contributed by atoms with Crippen molar-refractivity contribution in [2.45, 2.75) is 0 Å². The van der Waals surface area contributed by atoms with Crippen molar-refractivity contribution in [2.24, 2.45) is 4.99 Å². The Kier molecular flexibility index (Phi) is 9.75. The molecule has 120 valence electrons. The first-order valence-corrected chi connectivity index (χ1v) is 6.67. The number of hydrogen-bond donors (Lipinski definition) is 1. The summed E-state index contributed by atoms with van der Waals surface area (Å²) in [5.74, 6) is 0.191. The Morgan fingerprint density at radius 3 is 2.21 bits per heavy atom. The van der Waals surface area contributed by atoms with Crippen molar-refractivity contribution in [3.63, 3.8) is 0 Å². The second-order valence-corrected chi connectivity index (χ2v) is 4.55. The molecule has 24 heavy (non-hydrogen) atoms. The number of hydrogen-bond acceptors (Lipinski definition) is 3. The van der Waals surface area contributed by atoms with Crippen LogP contribution in [0, 0.1) is 14.9 Å². The van der Waals surface area contributed by atoms with Crippen molar-refractivity contribution in [3.8, 4) is 17.0 Å². The molecule has 0 atom stereocenters. The molecular weight excluding hydrogens is 375 g/mol. The SMILES string of the molecule is Oc1c(C=Nc2ccccc2)cccc1-c1ccccn1.[CH3-].[CH3-].[Zr+2]. The molecule has 0 bridgehead atoms. The van der Waals surface area contributed by atoms with E-state index in [0.29, 0.717) is 11.1 Å². The summed E-state index contributed by atoms with van der Waals surface area (Å²) in [5.41, 5.74) is 2.96. The minimum Gasteiger partial charge on any atom is -0.507 e. The van der Waals surface area contributed by atoms with Crippen molar-refractivity contribution in [2.75, 3.05) is 0 Å². The number of para-hydroxylation sites is 2. The van der Waals surface area contributed by atoms with Gasteiger partial charge < -0.3 is 20.0 Å². The molecule has 1 aromatic heterocycles. The van der Waals surface area contributed by atoms with E-state index in [4.69, 9.17) is 0 Å². The standard InChI is InChI=1S/C18H14N2O.2CH3.Zr/c21-18-14(13-20-15-8-2-1-3-9-15)7-6-10-16(18)17-11-4-5-12-19-17;;;/h1-13,21H;2*1H3;/q;2*-1;+2. The molecule has 0 amide bonds. The number of phenols is 1. The topological polar surface area (TPSA) is 45.5 Å². The van der Waals surface area contributed by atoms with Gasteiger partial charge in [0.05, 0.1) is 11.4 Å². The Hall–Kier alpha value is -2.06. The second kappa shape index (κ2) is 10.7. The molecule has 1 heterocycles. The monoisotopic (exact) mass is 394 g/mol. The number of aromatic hydroxyl groups is 1. The van der Waals surface area contributed by atoms with Gasteiger partial charge in [-0.1, -0.05) is 30.3 Å². The van der Waals surface area contributed by atoms with E-state index in [1.165, 1.54) is 0 Å². The quantitative estimate of drug-likeness (QED) is 0.495. The zero-order valence-corrected chi connectivity index (χ0v) is 16.3. The minimum atomic E-state index is 0. The van der Waals surface area contributed by atoms with E-state index in [2.05, 4.69) is 9.98 Å². The molecule has 0 fully saturated rings. The van der Waals surface area contributed by atoms with Gasteiger partial charge in [0.1, 0.15) is 5.75 Å². The number of nitrogens with zero attached hydrogens (tertiary/aromatic N) is 2. The van der Waals surface area contributed by atoms with E-state index in [1.807, 2.05) is 66.7 Å². The zero-order chi connectivity index (χ0) is 14.5. The van der Waals surface area contributed by atoms with E-state index < -0.39 is 0 Å². The van der Waals surface area contributed by atoms with Gasteiger partial charge in [0, 0.05) is 23.5 Å². The molecule has 0 aliphatic rings. The summed E-state index contributed by atoms with van der Waals surface area (Å²) in [7, 11) is 0. The van der Waals surface area contributed by atoms with Crippen LogP contribution in [0.2, 0.25) is 0 Å². The average Bonchev–Trinajstić information content (AvgIpc) is 2.56. The molecule has 0 spiro atoms. The van der Waals surface area contributed by atoms with E-state index >= 15 is 0 Å². The van der Waals surface area contributed by atoms with E-state index in [0.717, 1.165) is 11.4 Å². The Morgan fingerprint density at radius 2 is 1.54 bits per heavy atom. The Labute approximate surface area is 163 Å². The first kappa shape index (κ1) is 21.9. The molecule has 2 aromatic carbocycles. The third-order valence-electron chi connectivity index (χ3n) is 3.12. The first-order valence-electron chi connectivity index (χ1n) is 6.67. The van der Waals surface area contributed by atoms with Crippen LogP contribution in [0.25, 0.3) is 11.3 Å². The van der Waals surface area contributed by atoms with E-state index in [-0.39, 0.29) is 46.8 Å². The smallest absolute Gasteiger partial charge is 0.507 e. The summed E-state index contributed by atoms with van der Waals surface area (Å²) in [6.07, 6.45) is 3.37. The molecule has 3 nitrogen and oxygen atoms in total. The van der Waals surface area contributed by atoms with Crippen molar-refractivity contribution in [1.29, 1.82) is 0 Å². The van der Waals surface area contributed by atoms with E-state index in [1.54, 1.807) is 12.4 Å². The maximum atomic E-state index is 10.4. The van der Waals surface area contributed by atoms with Gasteiger partial charge in [-0.3, -0.25) is 9.98 Å². The third kappa shape index (κ3) is 5.24.